The first-order valence-corrected chi connectivity index (χ1v) is 7.29. The number of hydrogen-bond donors (Lipinski definition) is 0. The van der Waals surface area contributed by atoms with E-state index in [0.29, 0.717) is 6.04 Å². The third-order valence-electron chi connectivity index (χ3n) is 4.12. The van der Waals surface area contributed by atoms with Crippen LogP contribution >= 0.6 is 0 Å². The molecule has 0 aliphatic carbocycles. The molecule has 0 aromatic carbocycles. The Morgan fingerprint density at radius 2 is 1.85 bits per heavy atom. The minimum atomic E-state index is -0.431. The van der Waals surface area contributed by atoms with Crippen LogP contribution in [0.1, 0.15) is 52.5 Å². The first kappa shape index (κ1) is 13.4. The number of aromatic nitrogens is 3. The Morgan fingerprint density at radius 1 is 1.20 bits per heavy atom. The Morgan fingerprint density at radius 3 is 2.35 bits per heavy atom. The maximum Gasteiger partial charge on any atom is 0.410 e. The van der Waals surface area contributed by atoms with Gasteiger partial charge >= 0.3 is 6.09 Å². The lowest BCUT2D eigenvalue weighted by atomic mass is 9.98. The molecule has 20 heavy (non-hydrogen) atoms. The highest BCUT2D eigenvalue weighted by molar-refractivity contribution is 5.69. The fourth-order valence-corrected chi connectivity index (χ4v) is 3.38. The van der Waals surface area contributed by atoms with Crippen molar-refractivity contribution in [1.29, 1.82) is 0 Å². The molecule has 2 atom stereocenters. The summed E-state index contributed by atoms with van der Waals surface area (Å²) in [7, 11) is 0. The zero-order chi connectivity index (χ0) is 14.3. The maximum absolute atomic E-state index is 12.3. The molecule has 0 radical (unpaired) electrons. The maximum atomic E-state index is 12.3. The van der Waals surface area contributed by atoms with Crippen LogP contribution in [0.15, 0.2) is 12.7 Å². The van der Waals surface area contributed by atoms with Gasteiger partial charge in [-0.15, -0.1) is 0 Å². The minimum absolute atomic E-state index is 0.165. The van der Waals surface area contributed by atoms with E-state index in [1.807, 2.05) is 30.4 Å². The lowest BCUT2D eigenvalue weighted by Gasteiger charge is -2.39. The second-order valence-corrected chi connectivity index (χ2v) is 6.77. The topological polar surface area (TPSA) is 60.2 Å². The molecule has 3 rings (SSSR count). The van der Waals surface area contributed by atoms with Crippen LogP contribution in [0, 0.1) is 0 Å². The summed E-state index contributed by atoms with van der Waals surface area (Å²) in [6.45, 7) is 5.74. The van der Waals surface area contributed by atoms with Gasteiger partial charge in [0.15, 0.2) is 0 Å². The SMILES string of the molecule is CC(C)(C)OC(=O)N1C2CCC1CC(n1cncn1)C2. The van der Waals surface area contributed by atoms with Gasteiger partial charge in [-0.3, -0.25) is 0 Å². The number of hydrogen-bond acceptors (Lipinski definition) is 4. The van der Waals surface area contributed by atoms with Gasteiger partial charge < -0.3 is 9.64 Å². The van der Waals surface area contributed by atoms with Gasteiger partial charge in [0.1, 0.15) is 18.3 Å². The highest BCUT2D eigenvalue weighted by atomic mass is 16.6. The van der Waals surface area contributed by atoms with Crippen molar-refractivity contribution in [3.63, 3.8) is 0 Å². The molecular weight excluding hydrogens is 256 g/mol. The molecule has 2 saturated heterocycles. The molecule has 2 aliphatic rings. The van der Waals surface area contributed by atoms with Gasteiger partial charge in [0.05, 0.1) is 6.04 Å². The fraction of sp³-hybridized carbons (Fsp3) is 0.786. The largest absolute Gasteiger partial charge is 0.444 e. The summed E-state index contributed by atoms with van der Waals surface area (Å²) in [5.74, 6) is 0. The summed E-state index contributed by atoms with van der Waals surface area (Å²) in [6.07, 6.45) is 7.19. The summed E-state index contributed by atoms with van der Waals surface area (Å²) in [5.41, 5.74) is -0.431. The van der Waals surface area contributed by atoms with Gasteiger partial charge in [-0.2, -0.15) is 5.10 Å². The number of piperidine rings is 1. The van der Waals surface area contributed by atoms with Gasteiger partial charge in [-0.25, -0.2) is 14.5 Å². The average molecular weight is 278 g/mol. The van der Waals surface area contributed by atoms with Gasteiger partial charge in [0.25, 0.3) is 0 Å². The Bertz CT molecular complexity index is 466. The zero-order valence-electron chi connectivity index (χ0n) is 12.3. The van der Waals surface area contributed by atoms with Crippen LogP contribution in [-0.2, 0) is 4.74 Å². The first-order chi connectivity index (χ1) is 9.44. The van der Waals surface area contributed by atoms with Crippen LogP contribution in [0.5, 0.6) is 0 Å². The van der Waals surface area contributed by atoms with Crippen molar-refractivity contribution >= 4 is 6.09 Å². The molecule has 2 unspecified atom stereocenters. The number of carbonyl (C=O) groups is 1. The first-order valence-electron chi connectivity index (χ1n) is 7.29. The van der Waals surface area contributed by atoms with Crippen LogP contribution < -0.4 is 0 Å². The van der Waals surface area contributed by atoms with Crippen molar-refractivity contribution in [3.8, 4) is 0 Å². The van der Waals surface area contributed by atoms with E-state index in [2.05, 4.69) is 10.1 Å². The quantitative estimate of drug-likeness (QED) is 0.791. The van der Waals surface area contributed by atoms with E-state index < -0.39 is 5.60 Å². The molecule has 2 bridgehead atoms. The average Bonchev–Trinajstić information content (AvgIpc) is 2.94. The molecule has 2 fully saturated rings. The molecule has 1 aromatic rings. The molecule has 1 amide bonds. The zero-order valence-corrected chi connectivity index (χ0v) is 12.3. The van der Waals surface area contributed by atoms with Crippen LogP contribution in [0.2, 0.25) is 0 Å². The van der Waals surface area contributed by atoms with Crippen molar-refractivity contribution in [2.24, 2.45) is 0 Å². The van der Waals surface area contributed by atoms with Crippen molar-refractivity contribution in [3.05, 3.63) is 12.7 Å². The van der Waals surface area contributed by atoms with E-state index in [9.17, 15) is 4.79 Å². The number of ether oxygens (including phenoxy) is 1. The highest BCUT2D eigenvalue weighted by Crippen LogP contribution is 2.41. The molecule has 0 saturated carbocycles. The van der Waals surface area contributed by atoms with Gasteiger partial charge in [-0.05, 0) is 46.5 Å². The molecule has 0 N–H and O–H groups in total. The Kier molecular flexibility index (Phi) is 3.18. The predicted octanol–water partition coefficient (Wildman–Crippen LogP) is 2.38. The summed E-state index contributed by atoms with van der Waals surface area (Å²) < 4.78 is 7.46. The smallest absolute Gasteiger partial charge is 0.410 e. The normalized spacial score (nSPS) is 29.6. The van der Waals surface area contributed by atoms with Crippen LogP contribution in [0.3, 0.4) is 0 Å². The molecule has 110 valence electrons. The Labute approximate surface area is 119 Å². The molecule has 3 heterocycles. The molecule has 6 nitrogen and oxygen atoms in total. The second-order valence-electron chi connectivity index (χ2n) is 6.77. The molecule has 6 heteroatoms. The van der Waals surface area contributed by atoms with Gasteiger partial charge in [0.2, 0.25) is 0 Å². The Hall–Kier alpha value is -1.59. The van der Waals surface area contributed by atoms with Crippen molar-refractivity contribution in [2.45, 2.75) is 70.2 Å². The molecule has 0 spiro atoms. The summed E-state index contributed by atoms with van der Waals surface area (Å²) in [5, 5.41) is 4.24. The monoisotopic (exact) mass is 278 g/mol. The van der Waals surface area contributed by atoms with Crippen molar-refractivity contribution < 1.29 is 9.53 Å². The number of carbonyl (C=O) groups excluding carboxylic acids is 1. The Balaban J connectivity index is 1.70. The summed E-state index contributed by atoms with van der Waals surface area (Å²) in [4.78, 5) is 18.3. The lowest BCUT2D eigenvalue weighted by molar-refractivity contribution is 0.00230. The lowest BCUT2D eigenvalue weighted by Crippen LogP contribution is -2.48. The molecular formula is C14H22N4O2. The van der Waals surface area contributed by atoms with Gasteiger partial charge in [-0.1, -0.05) is 0 Å². The minimum Gasteiger partial charge on any atom is -0.444 e. The number of amides is 1. The standard InChI is InChI=1S/C14H22N4O2/c1-14(2,3)20-13(19)18-10-4-5-11(18)7-12(6-10)17-9-15-8-16-17/h8-12H,4-7H2,1-3H3. The summed E-state index contributed by atoms with van der Waals surface area (Å²) in [6, 6.07) is 0.907. The van der Waals surface area contributed by atoms with Crippen molar-refractivity contribution in [2.75, 3.05) is 0 Å². The molecule has 2 aliphatic heterocycles. The van der Waals surface area contributed by atoms with Crippen LogP contribution in [-0.4, -0.2) is 43.4 Å². The third-order valence-corrected chi connectivity index (χ3v) is 4.12. The second kappa shape index (κ2) is 4.75. The van der Waals surface area contributed by atoms with E-state index in [1.165, 1.54) is 0 Å². The number of nitrogens with zero attached hydrogens (tertiary/aromatic N) is 4. The van der Waals surface area contributed by atoms with Crippen LogP contribution in [0.4, 0.5) is 4.79 Å². The third kappa shape index (κ3) is 2.51. The highest BCUT2D eigenvalue weighted by Gasteiger charge is 2.45. The van der Waals surface area contributed by atoms with E-state index >= 15 is 0 Å². The summed E-state index contributed by atoms with van der Waals surface area (Å²) >= 11 is 0. The van der Waals surface area contributed by atoms with Gasteiger partial charge in [0, 0.05) is 12.1 Å². The number of fused-ring (bicyclic) bond motifs is 2. The number of rotatable bonds is 1. The predicted molar refractivity (Wildman–Crippen MR) is 73.2 cm³/mol. The van der Waals surface area contributed by atoms with E-state index in [-0.39, 0.29) is 18.2 Å². The van der Waals surface area contributed by atoms with E-state index in [1.54, 1.807) is 12.7 Å². The fourth-order valence-electron chi connectivity index (χ4n) is 3.38. The van der Waals surface area contributed by atoms with Crippen molar-refractivity contribution in [1.82, 2.24) is 19.7 Å². The van der Waals surface area contributed by atoms with E-state index in [4.69, 9.17) is 4.74 Å². The van der Waals surface area contributed by atoms with Crippen LogP contribution in [0.25, 0.3) is 0 Å². The van der Waals surface area contributed by atoms with E-state index in [0.717, 1.165) is 25.7 Å². The molecule has 1 aromatic heterocycles.